The number of hydrogen-bond donors (Lipinski definition) is 1. The number of carboxylic acid groups (broad SMARTS) is 1. The fourth-order valence-electron chi connectivity index (χ4n) is 4.56. The van der Waals surface area contributed by atoms with Crippen LogP contribution in [0.15, 0.2) is 66.7 Å². The van der Waals surface area contributed by atoms with Crippen LogP contribution in [-0.2, 0) is 30.8 Å². The van der Waals surface area contributed by atoms with Crippen molar-refractivity contribution < 1.29 is 19.4 Å². The Balaban J connectivity index is 1.25. The van der Waals surface area contributed by atoms with E-state index in [2.05, 4.69) is 59.2 Å². The molecule has 186 valence electrons. The van der Waals surface area contributed by atoms with Crippen LogP contribution in [0, 0.1) is 11.8 Å². The lowest BCUT2D eigenvalue weighted by atomic mass is 9.96. The minimum absolute atomic E-state index is 0.00628. The first-order chi connectivity index (χ1) is 17.5. The number of fused-ring (bicyclic) bond motifs is 1. The average Bonchev–Trinajstić information content (AvgIpc) is 2.90. The van der Waals surface area contributed by atoms with Gasteiger partial charge in [0.15, 0.2) is 0 Å². The number of rotatable bonds is 10. The molecule has 5 heteroatoms. The SMILES string of the molecule is CC#CC(CC(=O)O)c1ccc(OCc2ccc(CCN3CCc4cc(OC)ccc4C3)cc2)cc1. The Morgan fingerprint density at radius 2 is 1.72 bits per heavy atom. The molecule has 0 saturated carbocycles. The van der Waals surface area contributed by atoms with Gasteiger partial charge in [-0.2, -0.15) is 0 Å². The minimum Gasteiger partial charge on any atom is -0.497 e. The molecule has 0 radical (unpaired) electrons. The number of carbonyl (C=O) groups is 1. The lowest BCUT2D eigenvalue weighted by Gasteiger charge is -2.29. The van der Waals surface area contributed by atoms with Gasteiger partial charge in [0.25, 0.3) is 0 Å². The standard InChI is InChI=1S/C31H33NO4/c1-3-4-26(20-31(33)34)25-9-12-29(13-10-25)36-22-24-7-5-23(6-8-24)15-17-32-18-16-27-19-30(35-2)14-11-28(27)21-32/h5-14,19,26H,15-18,20-22H2,1-2H3,(H,33,34). The molecule has 1 heterocycles. The molecular weight excluding hydrogens is 450 g/mol. The number of aliphatic carboxylic acids is 1. The molecule has 0 saturated heterocycles. The summed E-state index contributed by atoms with van der Waals surface area (Å²) in [5.74, 6) is 6.33. The zero-order valence-electron chi connectivity index (χ0n) is 21.0. The van der Waals surface area contributed by atoms with E-state index in [-0.39, 0.29) is 12.3 Å². The van der Waals surface area contributed by atoms with Gasteiger partial charge in [-0.15, -0.1) is 5.92 Å². The summed E-state index contributed by atoms with van der Waals surface area (Å²) in [7, 11) is 1.72. The van der Waals surface area contributed by atoms with Gasteiger partial charge in [0.2, 0.25) is 0 Å². The smallest absolute Gasteiger partial charge is 0.304 e. The van der Waals surface area contributed by atoms with Crippen molar-refractivity contribution in [2.24, 2.45) is 0 Å². The summed E-state index contributed by atoms with van der Waals surface area (Å²) in [6.07, 6.45) is 2.08. The Hall–Kier alpha value is -3.75. The Bertz CT molecular complexity index is 1220. The van der Waals surface area contributed by atoms with Gasteiger partial charge in [-0.25, -0.2) is 0 Å². The van der Waals surface area contributed by atoms with E-state index >= 15 is 0 Å². The van der Waals surface area contributed by atoms with E-state index in [4.69, 9.17) is 14.6 Å². The van der Waals surface area contributed by atoms with Gasteiger partial charge in [0.05, 0.1) is 19.4 Å². The van der Waals surface area contributed by atoms with Gasteiger partial charge < -0.3 is 14.6 Å². The maximum atomic E-state index is 11.1. The van der Waals surface area contributed by atoms with Crippen LogP contribution in [0.5, 0.6) is 11.5 Å². The molecule has 0 aromatic heterocycles. The number of nitrogens with zero attached hydrogens (tertiary/aromatic N) is 1. The summed E-state index contributed by atoms with van der Waals surface area (Å²) >= 11 is 0. The molecule has 1 aliphatic heterocycles. The van der Waals surface area contributed by atoms with Crippen LogP contribution in [0.1, 0.15) is 47.1 Å². The highest BCUT2D eigenvalue weighted by Crippen LogP contribution is 2.25. The molecule has 36 heavy (non-hydrogen) atoms. The summed E-state index contributed by atoms with van der Waals surface area (Å²) in [5, 5.41) is 9.11. The summed E-state index contributed by atoms with van der Waals surface area (Å²) in [5.41, 5.74) is 6.13. The molecule has 4 rings (SSSR count). The first kappa shape index (κ1) is 25.3. The van der Waals surface area contributed by atoms with Crippen molar-refractivity contribution in [1.82, 2.24) is 4.90 Å². The molecule has 1 unspecified atom stereocenters. The normalized spacial score (nSPS) is 13.7. The molecule has 1 aliphatic rings. The summed E-state index contributed by atoms with van der Waals surface area (Å²) < 4.78 is 11.3. The fourth-order valence-corrected chi connectivity index (χ4v) is 4.56. The van der Waals surface area contributed by atoms with Crippen LogP contribution in [0.4, 0.5) is 0 Å². The van der Waals surface area contributed by atoms with Crippen LogP contribution in [-0.4, -0.2) is 36.2 Å². The topological polar surface area (TPSA) is 59.0 Å². The highest BCUT2D eigenvalue weighted by molar-refractivity contribution is 5.69. The van der Waals surface area contributed by atoms with E-state index in [1.165, 1.54) is 16.7 Å². The lowest BCUT2D eigenvalue weighted by molar-refractivity contribution is -0.137. The second-order valence-electron chi connectivity index (χ2n) is 9.13. The van der Waals surface area contributed by atoms with Gasteiger partial charge in [-0.1, -0.05) is 48.4 Å². The van der Waals surface area contributed by atoms with E-state index in [0.717, 1.165) is 55.1 Å². The lowest BCUT2D eigenvalue weighted by Crippen LogP contribution is -2.32. The molecule has 0 amide bonds. The summed E-state index contributed by atoms with van der Waals surface area (Å²) in [6, 6.07) is 22.6. The first-order valence-electron chi connectivity index (χ1n) is 12.4. The molecule has 1 N–H and O–H groups in total. The maximum absolute atomic E-state index is 11.1. The molecule has 3 aromatic carbocycles. The summed E-state index contributed by atoms with van der Waals surface area (Å²) in [6.45, 7) is 5.32. The van der Waals surface area contributed by atoms with Gasteiger partial charge in [-0.3, -0.25) is 9.69 Å². The van der Waals surface area contributed by atoms with E-state index < -0.39 is 5.97 Å². The largest absolute Gasteiger partial charge is 0.497 e. The predicted molar refractivity (Wildman–Crippen MR) is 141 cm³/mol. The zero-order chi connectivity index (χ0) is 25.3. The van der Waals surface area contributed by atoms with Crippen molar-refractivity contribution in [3.8, 4) is 23.3 Å². The number of methoxy groups -OCH3 is 1. The zero-order valence-corrected chi connectivity index (χ0v) is 21.0. The number of benzene rings is 3. The van der Waals surface area contributed by atoms with Crippen molar-refractivity contribution in [1.29, 1.82) is 0 Å². The van der Waals surface area contributed by atoms with E-state index in [1.54, 1.807) is 14.0 Å². The Morgan fingerprint density at radius 1 is 1.00 bits per heavy atom. The number of carboxylic acids is 1. The van der Waals surface area contributed by atoms with Crippen LogP contribution in [0.2, 0.25) is 0 Å². The van der Waals surface area contributed by atoms with Gasteiger partial charge in [0.1, 0.15) is 18.1 Å². The number of ether oxygens (including phenoxy) is 2. The first-order valence-corrected chi connectivity index (χ1v) is 12.4. The molecule has 0 bridgehead atoms. The Morgan fingerprint density at radius 3 is 2.42 bits per heavy atom. The van der Waals surface area contributed by atoms with Crippen LogP contribution in [0.3, 0.4) is 0 Å². The van der Waals surface area contributed by atoms with Crippen molar-refractivity contribution in [3.05, 3.63) is 94.5 Å². The van der Waals surface area contributed by atoms with Crippen molar-refractivity contribution >= 4 is 5.97 Å². The van der Waals surface area contributed by atoms with Gasteiger partial charge in [0, 0.05) is 19.6 Å². The monoisotopic (exact) mass is 483 g/mol. The quantitative estimate of drug-likeness (QED) is 0.388. The van der Waals surface area contributed by atoms with E-state index in [9.17, 15) is 4.79 Å². The van der Waals surface area contributed by atoms with Gasteiger partial charge >= 0.3 is 5.97 Å². The van der Waals surface area contributed by atoms with Crippen molar-refractivity contribution in [2.75, 3.05) is 20.2 Å². The number of hydrogen-bond acceptors (Lipinski definition) is 4. The molecule has 5 nitrogen and oxygen atoms in total. The molecule has 0 fully saturated rings. The highest BCUT2D eigenvalue weighted by atomic mass is 16.5. The second kappa shape index (κ2) is 12.3. The highest BCUT2D eigenvalue weighted by Gasteiger charge is 2.17. The third-order valence-electron chi connectivity index (χ3n) is 6.63. The molecule has 0 spiro atoms. The van der Waals surface area contributed by atoms with Crippen LogP contribution >= 0.6 is 0 Å². The third-order valence-corrected chi connectivity index (χ3v) is 6.63. The molecule has 0 aliphatic carbocycles. The maximum Gasteiger partial charge on any atom is 0.304 e. The van der Waals surface area contributed by atoms with E-state index in [0.29, 0.717) is 6.61 Å². The third kappa shape index (κ3) is 6.90. The summed E-state index contributed by atoms with van der Waals surface area (Å²) in [4.78, 5) is 13.6. The van der Waals surface area contributed by atoms with Gasteiger partial charge in [-0.05, 0) is 71.8 Å². The Kier molecular flexibility index (Phi) is 8.65. The van der Waals surface area contributed by atoms with Crippen LogP contribution < -0.4 is 9.47 Å². The van der Waals surface area contributed by atoms with Crippen molar-refractivity contribution in [2.45, 2.75) is 45.3 Å². The fraction of sp³-hybridized carbons (Fsp3) is 0.323. The van der Waals surface area contributed by atoms with Crippen molar-refractivity contribution in [3.63, 3.8) is 0 Å². The average molecular weight is 484 g/mol. The van der Waals surface area contributed by atoms with Crippen LogP contribution in [0.25, 0.3) is 0 Å². The van der Waals surface area contributed by atoms with E-state index in [1.807, 2.05) is 24.3 Å². The predicted octanol–water partition coefficient (Wildman–Crippen LogP) is 5.46. The second-order valence-corrected chi connectivity index (χ2v) is 9.13. The minimum atomic E-state index is -0.853. The molecule has 1 atom stereocenters. The Labute approximate surface area is 213 Å². The molecular formula is C31H33NO4. The molecule has 3 aromatic rings.